The van der Waals surface area contributed by atoms with Crippen LogP contribution in [0.5, 0.6) is 0 Å². The molecule has 0 atom stereocenters. The minimum absolute atomic E-state index is 0.247. The molecule has 0 aliphatic heterocycles. The lowest BCUT2D eigenvalue weighted by Gasteiger charge is -2.03. The van der Waals surface area contributed by atoms with E-state index in [0.717, 1.165) is 14.5 Å². The van der Waals surface area contributed by atoms with Crippen LogP contribution in [-0.4, -0.2) is 5.91 Å². The van der Waals surface area contributed by atoms with Crippen molar-refractivity contribution >= 4 is 49.5 Å². The van der Waals surface area contributed by atoms with Gasteiger partial charge in [0.1, 0.15) is 5.82 Å². The van der Waals surface area contributed by atoms with Gasteiger partial charge in [-0.3, -0.25) is 4.79 Å². The van der Waals surface area contributed by atoms with Gasteiger partial charge in [0, 0.05) is 20.7 Å². The van der Waals surface area contributed by atoms with Crippen molar-refractivity contribution in [3.05, 3.63) is 68.9 Å². The summed E-state index contributed by atoms with van der Waals surface area (Å²) in [5.41, 5.74) is 1.45. The Labute approximate surface area is 133 Å². The summed E-state index contributed by atoms with van der Waals surface area (Å²) >= 11 is 6.73. The van der Waals surface area contributed by atoms with E-state index in [0.29, 0.717) is 5.69 Å². The molecule has 0 aromatic heterocycles. The lowest BCUT2D eigenvalue weighted by atomic mass is 10.2. The number of carbonyl (C=O) groups excluding carboxylic acids is 1. The van der Waals surface area contributed by atoms with E-state index in [1.54, 1.807) is 30.3 Å². The maximum Gasteiger partial charge on any atom is 0.248 e. The fourth-order valence-electron chi connectivity index (χ4n) is 1.50. The average Bonchev–Trinajstić information content (AvgIpc) is 2.42. The maximum absolute atomic E-state index is 12.7. The average molecular weight is 399 g/mol. The first-order chi connectivity index (χ1) is 9.54. The molecule has 0 aliphatic rings. The summed E-state index contributed by atoms with van der Waals surface area (Å²) in [5.74, 6) is -0.546. The second-order valence-corrected chi connectivity index (χ2v) is 5.71. The van der Waals surface area contributed by atoms with E-state index in [4.69, 9.17) is 0 Å². The minimum Gasteiger partial charge on any atom is -0.322 e. The van der Waals surface area contributed by atoms with Crippen LogP contribution in [-0.2, 0) is 4.79 Å². The molecular formula is C15H10Br2FNO. The van der Waals surface area contributed by atoms with Gasteiger partial charge in [0.25, 0.3) is 0 Å². The zero-order valence-electron chi connectivity index (χ0n) is 10.2. The highest BCUT2D eigenvalue weighted by atomic mass is 79.9. The first-order valence-electron chi connectivity index (χ1n) is 5.74. The molecule has 0 spiro atoms. The Bertz CT molecular complexity index is 653. The van der Waals surface area contributed by atoms with Crippen LogP contribution in [0.15, 0.2) is 57.5 Å². The third kappa shape index (κ3) is 4.28. The molecule has 0 fully saturated rings. The van der Waals surface area contributed by atoms with Gasteiger partial charge in [-0.05, 0) is 73.8 Å². The number of hydrogen-bond donors (Lipinski definition) is 1. The largest absolute Gasteiger partial charge is 0.322 e. The van der Waals surface area contributed by atoms with Crippen LogP contribution in [0.3, 0.4) is 0 Å². The van der Waals surface area contributed by atoms with Gasteiger partial charge in [0.2, 0.25) is 5.91 Å². The van der Waals surface area contributed by atoms with Gasteiger partial charge in [0.15, 0.2) is 0 Å². The molecule has 0 bridgehead atoms. The van der Waals surface area contributed by atoms with Crippen LogP contribution in [0.1, 0.15) is 5.56 Å². The van der Waals surface area contributed by atoms with Crippen molar-refractivity contribution in [1.82, 2.24) is 0 Å². The topological polar surface area (TPSA) is 29.1 Å². The molecule has 2 rings (SSSR count). The molecule has 5 heteroatoms. The number of benzene rings is 2. The third-order valence-electron chi connectivity index (χ3n) is 2.48. The van der Waals surface area contributed by atoms with Gasteiger partial charge in [-0.15, -0.1) is 0 Å². The monoisotopic (exact) mass is 397 g/mol. The Morgan fingerprint density at radius 3 is 2.40 bits per heavy atom. The standard InChI is InChI=1S/C15H10Br2FNO/c16-13-7-6-12(9-14(13)17)19-15(20)8-3-10-1-4-11(18)5-2-10/h1-9H,(H,19,20). The molecule has 0 unspecified atom stereocenters. The molecule has 0 heterocycles. The number of anilines is 1. The predicted octanol–water partition coefficient (Wildman–Crippen LogP) is 5.00. The van der Waals surface area contributed by atoms with Crippen molar-refractivity contribution in [1.29, 1.82) is 0 Å². The molecule has 2 nitrogen and oxygen atoms in total. The van der Waals surface area contributed by atoms with E-state index in [1.165, 1.54) is 18.2 Å². The summed E-state index contributed by atoms with van der Waals surface area (Å²) in [6, 6.07) is 11.3. The molecule has 2 aromatic carbocycles. The molecule has 0 saturated carbocycles. The molecule has 0 saturated heterocycles. The highest BCUT2D eigenvalue weighted by Crippen LogP contribution is 2.25. The lowest BCUT2D eigenvalue weighted by molar-refractivity contribution is -0.111. The zero-order chi connectivity index (χ0) is 14.5. The van der Waals surface area contributed by atoms with Crippen molar-refractivity contribution in [3.63, 3.8) is 0 Å². The predicted molar refractivity (Wildman–Crippen MR) is 85.9 cm³/mol. The first-order valence-corrected chi connectivity index (χ1v) is 7.33. The van der Waals surface area contributed by atoms with Crippen molar-refractivity contribution in [2.75, 3.05) is 5.32 Å². The summed E-state index contributed by atoms with van der Waals surface area (Å²) < 4.78 is 14.5. The van der Waals surface area contributed by atoms with Gasteiger partial charge in [-0.2, -0.15) is 0 Å². The van der Waals surface area contributed by atoms with Crippen LogP contribution in [0.25, 0.3) is 6.08 Å². The highest BCUT2D eigenvalue weighted by Gasteiger charge is 2.01. The van der Waals surface area contributed by atoms with Crippen molar-refractivity contribution in [2.24, 2.45) is 0 Å². The summed E-state index contributed by atoms with van der Waals surface area (Å²) in [6.07, 6.45) is 3.03. The van der Waals surface area contributed by atoms with Crippen LogP contribution in [0.4, 0.5) is 10.1 Å². The molecule has 20 heavy (non-hydrogen) atoms. The summed E-state index contributed by atoms with van der Waals surface area (Å²) in [6.45, 7) is 0. The maximum atomic E-state index is 12.7. The van der Waals surface area contributed by atoms with E-state index in [-0.39, 0.29) is 11.7 Å². The van der Waals surface area contributed by atoms with E-state index >= 15 is 0 Å². The van der Waals surface area contributed by atoms with Gasteiger partial charge in [0.05, 0.1) is 0 Å². The third-order valence-corrected chi connectivity index (χ3v) is 4.36. The van der Waals surface area contributed by atoms with Gasteiger partial charge < -0.3 is 5.32 Å². The van der Waals surface area contributed by atoms with Gasteiger partial charge >= 0.3 is 0 Å². The molecular weight excluding hydrogens is 389 g/mol. The minimum atomic E-state index is -0.300. The Morgan fingerprint density at radius 1 is 1.05 bits per heavy atom. The van der Waals surface area contributed by atoms with Crippen LogP contribution in [0, 0.1) is 5.82 Å². The highest BCUT2D eigenvalue weighted by molar-refractivity contribution is 9.13. The van der Waals surface area contributed by atoms with Crippen molar-refractivity contribution in [2.45, 2.75) is 0 Å². The van der Waals surface area contributed by atoms with Gasteiger partial charge in [-0.25, -0.2) is 4.39 Å². The van der Waals surface area contributed by atoms with E-state index < -0.39 is 0 Å². The van der Waals surface area contributed by atoms with Crippen molar-refractivity contribution in [3.8, 4) is 0 Å². The molecule has 0 aliphatic carbocycles. The fraction of sp³-hybridized carbons (Fsp3) is 0. The molecule has 102 valence electrons. The summed E-state index contributed by atoms with van der Waals surface area (Å²) in [5, 5.41) is 2.74. The number of amides is 1. The molecule has 2 aromatic rings. The Balaban J connectivity index is 2.01. The number of nitrogens with one attached hydrogen (secondary N) is 1. The molecule has 1 amide bonds. The fourth-order valence-corrected chi connectivity index (χ4v) is 2.13. The number of halogens is 3. The second kappa shape index (κ2) is 6.81. The number of carbonyl (C=O) groups is 1. The van der Waals surface area contributed by atoms with Gasteiger partial charge in [-0.1, -0.05) is 12.1 Å². The second-order valence-electron chi connectivity index (χ2n) is 4.00. The summed E-state index contributed by atoms with van der Waals surface area (Å²) in [4.78, 5) is 11.7. The lowest BCUT2D eigenvalue weighted by Crippen LogP contribution is -2.07. The van der Waals surface area contributed by atoms with Crippen molar-refractivity contribution < 1.29 is 9.18 Å². The van der Waals surface area contributed by atoms with E-state index in [2.05, 4.69) is 37.2 Å². The smallest absolute Gasteiger partial charge is 0.248 e. The van der Waals surface area contributed by atoms with Crippen LogP contribution < -0.4 is 5.32 Å². The Hall–Kier alpha value is -1.46. The first kappa shape index (κ1) is 14.9. The molecule has 0 radical (unpaired) electrons. The van der Waals surface area contributed by atoms with Crippen LogP contribution >= 0.6 is 31.9 Å². The zero-order valence-corrected chi connectivity index (χ0v) is 13.4. The van der Waals surface area contributed by atoms with E-state index in [1.807, 2.05) is 6.07 Å². The quantitative estimate of drug-likeness (QED) is 0.724. The SMILES string of the molecule is O=C(C=Cc1ccc(F)cc1)Nc1ccc(Br)c(Br)c1. The van der Waals surface area contributed by atoms with Crippen LogP contribution in [0.2, 0.25) is 0 Å². The van der Waals surface area contributed by atoms with E-state index in [9.17, 15) is 9.18 Å². The number of rotatable bonds is 3. The normalized spacial score (nSPS) is 10.8. The summed E-state index contributed by atoms with van der Waals surface area (Å²) in [7, 11) is 0. The number of hydrogen-bond acceptors (Lipinski definition) is 1. The Kier molecular flexibility index (Phi) is 5.09. The Morgan fingerprint density at radius 2 is 1.75 bits per heavy atom. The molecule has 1 N–H and O–H groups in total.